The molecule has 0 spiro atoms. The van der Waals surface area contributed by atoms with Crippen LogP contribution in [0.3, 0.4) is 0 Å². The van der Waals surface area contributed by atoms with E-state index in [1.807, 2.05) is 11.1 Å². The molecule has 2 aromatic rings. The van der Waals surface area contributed by atoms with Crippen molar-refractivity contribution in [1.82, 2.24) is 19.1 Å². The van der Waals surface area contributed by atoms with Crippen LogP contribution in [0.5, 0.6) is 0 Å². The molecule has 0 radical (unpaired) electrons. The Morgan fingerprint density at radius 1 is 0.754 bits per heavy atom. The molecule has 3 aliphatic heterocycles. The van der Waals surface area contributed by atoms with E-state index >= 15 is 0 Å². The van der Waals surface area contributed by atoms with Crippen LogP contribution < -0.4 is 22.5 Å². The summed E-state index contributed by atoms with van der Waals surface area (Å²) in [5.41, 5.74) is -4.84. The molecule has 20 nitrogen and oxygen atoms in total. The van der Waals surface area contributed by atoms with Gasteiger partial charge in [-0.1, -0.05) is 111 Å². The zero-order valence-electron chi connectivity index (χ0n) is 42.9. The van der Waals surface area contributed by atoms with Crippen LogP contribution in [0.25, 0.3) is 0 Å². The van der Waals surface area contributed by atoms with Gasteiger partial charge < -0.3 is 47.0 Å². The molecule has 25 heteroatoms. The summed E-state index contributed by atoms with van der Waals surface area (Å²) in [4.78, 5) is 50.9. The number of halogens is 1. The predicted molar refractivity (Wildman–Crippen MR) is 269 cm³/mol. The van der Waals surface area contributed by atoms with Gasteiger partial charge in [0.2, 0.25) is 0 Å². The molecule has 0 amide bonds. The first-order valence-corrected chi connectivity index (χ1v) is 32.5. The number of nitrogens with one attached hydrogen (secondary N) is 2. The van der Waals surface area contributed by atoms with Gasteiger partial charge in [-0.2, -0.15) is 10.5 Å². The molecule has 6 N–H and O–H groups in total. The molecule has 2 aromatic heterocycles. The fraction of sp³-hybridized carbons (Fsp3) is 0.773. The molecule has 69 heavy (non-hydrogen) atoms. The molecule has 0 bridgehead atoms. The molecule has 8 atom stereocenters. The molecule has 0 aromatic carbocycles. The zero-order valence-corrected chi connectivity index (χ0v) is 47.8. The fourth-order valence-corrected chi connectivity index (χ4v) is 30.4. The molecular formula is C44H77ClN6O14Si4. The minimum absolute atomic E-state index is 0.0133. The lowest BCUT2D eigenvalue weighted by Crippen LogP contribution is -2.66. The van der Waals surface area contributed by atoms with Gasteiger partial charge in [0.05, 0.1) is 13.2 Å². The Kier molecular flexibility index (Phi) is 20.8. The van der Waals surface area contributed by atoms with Crippen LogP contribution in [0, 0.1) is 22.7 Å². The molecule has 390 valence electrons. The maximum absolute atomic E-state index is 12.6. The highest BCUT2D eigenvalue weighted by Crippen LogP contribution is 2.49. The van der Waals surface area contributed by atoms with Gasteiger partial charge in [0, 0.05) is 24.5 Å². The van der Waals surface area contributed by atoms with Crippen molar-refractivity contribution in [2.45, 2.75) is 203 Å². The standard InChI is InChI=1S/C22H37N3O7Si2.C12H29ClOSi2.C10H11N3O6/c1-13(2)33(14(3)4)29-11-17-19(31-34(32-33,15(5)6)16(7)8)20(27)22(12-23,30-17)25-10-9-18(26)24-21(25)28;1-9(2)15(10(3)4)14-16(13,11(5)6)12(7)8;11-4-10(8(17)7(16)5(3-14)19-10)13-2-1-6(15)12-9(13)18/h9-10,13-17,19-20,27H,11H2,1-8H3,(H,24,26,28);9-12,15H,1-8H3;1-2,5,7-8,14,16-17H,3H2,(H,12,15,18)/t17-,19-,20-,22-;;5-,7-,8+,10-/m1.1/s1. The van der Waals surface area contributed by atoms with Crippen molar-refractivity contribution in [3.63, 3.8) is 0 Å². The van der Waals surface area contributed by atoms with E-state index in [2.05, 4.69) is 116 Å². The van der Waals surface area contributed by atoms with Crippen molar-refractivity contribution in [2.24, 2.45) is 0 Å². The minimum Gasteiger partial charge on any atom is -0.446 e. The van der Waals surface area contributed by atoms with Gasteiger partial charge in [-0.05, 0) is 44.3 Å². The van der Waals surface area contributed by atoms with Crippen LogP contribution in [0.2, 0.25) is 44.3 Å². The van der Waals surface area contributed by atoms with Gasteiger partial charge in [-0.15, -0.1) is 11.1 Å². The Labute approximate surface area is 414 Å². The van der Waals surface area contributed by atoms with E-state index in [4.69, 9.17) is 42.7 Å². The van der Waals surface area contributed by atoms with Gasteiger partial charge in [-0.25, -0.2) is 9.59 Å². The summed E-state index contributed by atoms with van der Waals surface area (Å²) in [6, 6.07) is 5.64. The Hall–Kier alpha value is -2.90. The lowest BCUT2D eigenvalue weighted by molar-refractivity contribution is -0.109. The van der Waals surface area contributed by atoms with Gasteiger partial charge >= 0.3 is 28.5 Å². The molecule has 3 saturated heterocycles. The smallest absolute Gasteiger partial charge is 0.335 e. The van der Waals surface area contributed by atoms with Crippen LogP contribution in [-0.4, -0.2) is 123 Å². The second-order valence-electron chi connectivity index (χ2n) is 20.6. The second kappa shape index (κ2) is 23.8. The number of hydrogen-bond donors (Lipinski definition) is 6. The summed E-state index contributed by atoms with van der Waals surface area (Å²) in [6.07, 6.45) is -5.67. The number of ether oxygens (including phenoxy) is 2. The number of aromatic amines is 2. The SMILES string of the molecule is CC(C)[SiH](O[Si](Cl)(C(C)C)C(C)C)C(C)C.CC(C)[Si]1(C(C)C)OC[C@H]2O[C@@](C#N)(n3ccc(=O)[nH]c3=O)[C@H](O)[C@@H]2O[Si](C(C)C)(C(C)C)O1.N#C[C@@]1(n2ccc(=O)[nH]c2=O)O[C@H](CO)[C@@H](O)[C@@H]1O. The minimum atomic E-state index is -3.07. The summed E-state index contributed by atoms with van der Waals surface area (Å²) >= 11 is 6.84. The fourth-order valence-electron chi connectivity index (χ4n) is 9.39. The van der Waals surface area contributed by atoms with Gasteiger partial charge in [0.1, 0.15) is 48.8 Å². The Bertz CT molecular complexity index is 2320. The quantitative estimate of drug-likeness (QED) is 0.120. The zero-order chi connectivity index (χ0) is 52.9. The van der Waals surface area contributed by atoms with E-state index in [0.717, 1.165) is 29.1 Å². The van der Waals surface area contributed by atoms with Crippen LogP contribution in [0.15, 0.2) is 43.7 Å². The van der Waals surface area contributed by atoms with Crippen molar-refractivity contribution < 1.29 is 47.0 Å². The van der Waals surface area contributed by atoms with Crippen molar-refractivity contribution in [1.29, 1.82) is 10.5 Å². The van der Waals surface area contributed by atoms with Gasteiger partial charge in [0.25, 0.3) is 30.2 Å². The molecule has 3 aliphatic rings. The summed E-state index contributed by atoms with van der Waals surface area (Å²) in [5.74, 6) is 0. The molecule has 0 saturated carbocycles. The van der Waals surface area contributed by atoms with E-state index in [-0.39, 0.29) is 28.8 Å². The van der Waals surface area contributed by atoms with Gasteiger partial charge in [-0.3, -0.25) is 28.7 Å². The molecule has 5 rings (SSSR count). The Morgan fingerprint density at radius 3 is 1.51 bits per heavy atom. The largest absolute Gasteiger partial charge is 0.446 e. The lowest BCUT2D eigenvalue weighted by atomic mass is 10.0. The molecule has 3 fully saturated rings. The van der Waals surface area contributed by atoms with Crippen LogP contribution in [0.1, 0.15) is 111 Å². The Balaban J connectivity index is 0.000000304. The average Bonchev–Trinajstić information content (AvgIpc) is 3.66. The highest BCUT2D eigenvalue weighted by molar-refractivity contribution is 7.19. The molecule has 0 aliphatic carbocycles. The van der Waals surface area contributed by atoms with E-state index in [9.17, 15) is 45.0 Å². The summed E-state index contributed by atoms with van der Waals surface area (Å²) < 4.78 is 39.8. The third kappa shape index (κ3) is 12.0. The average molecular weight is 1060 g/mol. The lowest BCUT2D eigenvalue weighted by Gasteiger charge is -2.51. The van der Waals surface area contributed by atoms with E-state index in [0.29, 0.717) is 26.7 Å². The van der Waals surface area contributed by atoms with Crippen LogP contribution >= 0.6 is 11.1 Å². The van der Waals surface area contributed by atoms with Crippen LogP contribution in [0.4, 0.5) is 0 Å². The second-order valence-corrected chi connectivity index (χ2v) is 39.4. The van der Waals surface area contributed by atoms with Crippen molar-refractivity contribution in [2.75, 3.05) is 13.2 Å². The summed E-state index contributed by atoms with van der Waals surface area (Å²) in [6.45, 7) is 34.0. The molecule has 5 heterocycles. The van der Waals surface area contributed by atoms with Crippen molar-refractivity contribution in [3.8, 4) is 12.1 Å². The highest BCUT2D eigenvalue weighted by Gasteiger charge is 2.65. The normalized spacial score (nSPS) is 27.8. The first kappa shape index (κ1) is 60.4. The van der Waals surface area contributed by atoms with Crippen molar-refractivity contribution in [3.05, 3.63) is 66.2 Å². The van der Waals surface area contributed by atoms with E-state index < -0.39 is 111 Å². The number of aliphatic hydroxyl groups excluding tert-OH is 4. The van der Waals surface area contributed by atoms with E-state index in [1.165, 1.54) is 0 Å². The summed E-state index contributed by atoms with van der Waals surface area (Å²) in [7, 11) is -9.15. The van der Waals surface area contributed by atoms with Crippen LogP contribution in [-0.2, 0) is 38.0 Å². The molecular weight excluding hydrogens is 984 g/mol. The number of H-pyrrole nitrogens is 2. The van der Waals surface area contributed by atoms with Crippen molar-refractivity contribution >= 4 is 44.9 Å². The first-order chi connectivity index (χ1) is 31.9. The molecule has 0 unspecified atom stereocenters. The Morgan fingerprint density at radius 2 is 1.17 bits per heavy atom. The number of rotatable bonds is 13. The monoisotopic (exact) mass is 1060 g/mol. The highest BCUT2D eigenvalue weighted by atomic mass is 35.6. The summed E-state index contributed by atoms with van der Waals surface area (Å²) in [5, 5.41) is 59.3. The maximum atomic E-state index is 12.6. The third-order valence-corrected chi connectivity index (χ3v) is 35.2. The number of aliphatic hydroxyl groups is 4. The van der Waals surface area contributed by atoms with E-state index in [1.54, 1.807) is 6.07 Å². The number of aromatic nitrogens is 4. The maximum Gasteiger partial charge on any atom is 0.335 e. The number of nitriles is 2. The first-order valence-electron chi connectivity index (χ1n) is 23.7. The number of hydrogen-bond acceptors (Lipinski definition) is 16. The topological polar surface area (TPSA) is 294 Å². The number of nitrogens with zero attached hydrogens (tertiary/aromatic N) is 4. The third-order valence-electron chi connectivity index (χ3n) is 13.2. The predicted octanol–water partition coefficient (Wildman–Crippen LogP) is 4.30. The van der Waals surface area contributed by atoms with Gasteiger partial charge in [0.15, 0.2) is 9.04 Å². The number of fused-ring (bicyclic) bond motifs is 1.